The lowest BCUT2D eigenvalue weighted by molar-refractivity contribution is -0.120. The van der Waals surface area contributed by atoms with Crippen molar-refractivity contribution < 1.29 is 9.59 Å². The van der Waals surface area contributed by atoms with Gasteiger partial charge in [0.15, 0.2) is 0 Å². The third-order valence-electron chi connectivity index (χ3n) is 5.12. The first-order chi connectivity index (χ1) is 16.1. The lowest BCUT2D eigenvalue weighted by Crippen LogP contribution is -2.37. The van der Waals surface area contributed by atoms with Crippen LogP contribution < -0.4 is 10.6 Å². The molecule has 2 heterocycles. The Kier molecular flexibility index (Phi) is 6.45. The molecular weight excluding hydrogens is 416 g/mol. The van der Waals surface area contributed by atoms with Crippen LogP contribution in [0.25, 0.3) is 22.5 Å². The molecule has 166 valence electrons. The fraction of sp³-hybridized carbons (Fsp3) is 0.120. The normalized spacial score (nSPS) is 10.6. The molecule has 3 N–H and O–H groups in total. The molecule has 4 aromatic rings. The van der Waals surface area contributed by atoms with Crippen molar-refractivity contribution in [2.75, 3.05) is 6.54 Å². The van der Waals surface area contributed by atoms with E-state index in [0.29, 0.717) is 12.1 Å². The molecule has 0 aliphatic heterocycles. The second-order valence-corrected chi connectivity index (χ2v) is 7.34. The zero-order valence-corrected chi connectivity index (χ0v) is 18.2. The minimum atomic E-state index is -0.343. The van der Waals surface area contributed by atoms with Crippen LogP contribution in [-0.4, -0.2) is 38.7 Å². The molecule has 33 heavy (non-hydrogen) atoms. The Bertz CT molecular complexity index is 1260. The van der Waals surface area contributed by atoms with E-state index in [1.165, 1.54) is 4.68 Å². The van der Waals surface area contributed by atoms with Crippen LogP contribution in [0.5, 0.6) is 0 Å². The molecule has 2 amide bonds. The van der Waals surface area contributed by atoms with E-state index in [-0.39, 0.29) is 24.3 Å². The molecule has 2 aromatic heterocycles. The maximum absolute atomic E-state index is 12.8. The van der Waals surface area contributed by atoms with Crippen LogP contribution in [0.4, 0.5) is 0 Å². The average molecular weight is 441 g/mol. The molecule has 0 saturated carbocycles. The summed E-state index contributed by atoms with van der Waals surface area (Å²) < 4.78 is 3.19. The number of carbonyl (C=O) groups excluding carboxylic acids is 2. The van der Waals surface area contributed by atoms with Crippen molar-refractivity contribution in [3.05, 3.63) is 90.8 Å². The smallest absolute Gasteiger partial charge is 0.251 e. The van der Waals surface area contributed by atoms with Gasteiger partial charge in [0.25, 0.3) is 5.91 Å². The summed E-state index contributed by atoms with van der Waals surface area (Å²) in [5.74, 6) is -0.587. The number of carbonyl (C=O) groups is 2. The summed E-state index contributed by atoms with van der Waals surface area (Å²) in [6, 6.07) is 22.7. The van der Waals surface area contributed by atoms with E-state index >= 15 is 0 Å². The van der Waals surface area contributed by atoms with Crippen LogP contribution in [0.1, 0.15) is 17.3 Å². The second kappa shape index (κ2) is 9.78. The van der Waals surface area contributed by atoms with Gasteiger partial charge in [-0.05, 0) is 48.4 Å². The standard InChI is InChI=1S/C25H24N6O2/c1-2-27-24(33)20-11-9-19(10-12-20)22-14-13-21(18-7-4-3-5-8-18)30(22)17-23(32)29-25(26)31-16-6-15-28-31/h3-16H,2,17H2,1H3,(H,27,33)(H2,26,29,32). The maximum Gasteiger partial charge on any atom is 0.251 e. The molecule has 0 spiro atoms. The first-order valence-corrected chi connectivity index (χ1v) is 10.6. The lowest BCUT2D eigenvalue weighted by Gasteiger charge is -2.15. The predicted molar refractivity (Wildman–Crippen MR) is 127 cm³/mol. The van der Waals surface area contributed by atoms with Gasteiger partial charge in [-0.15, -0.1) is 0 Å². The van der Waals surface area contributed by atoms with Gasteiger partial charge in [0.05, 0.1) is 0 Å². The van der Waals surface area contributed by atoms with Gasteiger partial charge in [-0.25, -0.2) is 4.68 Å². The Hall–Kier alpha value is -4.46. The van der Waals surface area contributed by atoms with Gasteiger partial charge in [-0.3, -0.25) is 20.3 Å². The number of hydrogen-bond acceptors (Lipinski definition) is 4. The Balaban J connectivity index is 1.65. The van der Waals surface area contributed by atoms with Crippen molar-refractivity contribution in [1.29, 1.82) is 5.41 Å². The summed E-state index contributed by atoms with van der Waals surface area (Å²) in [6.45, 7) is 2.45. The third-order valence-corrected chi connectivity index (χ3v) is 5.12. The summed E-state index contributed by atoms with van der Waals surface area (Å²) in [7, 11) is 0. The van der Waals surface area contributed by atoms with Crippen molar-refractivity contribution in [1.82, 2.24) is 25.0 Å². The minimum absolute atomic E-state index is 0.00822. The average Bonchev–Trinajstić information content (AvgIpc) is 3.51. The van der Waals surface area contributed by atoms with Crippen LogP contribution in [0.15, 0.2) is 85.2 Å². The van der Waals surface area contributed by atoms with E-state index in [1.807, 2.05) is 66.1 Å². The van der Waals surface area contributed by atoms with Crippen LogP contribution in [0.2, 0.25) is 0 Å². The highest BCUT2D eigenvalue weighted by Crippen LogP contribution is 2.29. The molecule has 8 nitrogen and oxygen atoms in total. The van der Waals surface area contributed by atoms with Gasteiger partial charge in [0.1, 0.15) is 6.54 Å². The second-order valence-electron chi connectivity index (χ2n) is 7.34. The van der Waals surface area contributed by atoms with Gasteiger partial charge in [0, 0.05) is 35.9 Å². The number of benzene rings is 2. The van der Waals surface area contributed by atoms with Gasteiger partial charge in [-0.1, -0.05) is 42.5 Å². The summed E-state index contributed by atoms with van der Waals surface area (Å²) >= 11 is 0. The number of nitrogens with one attached hydrogen (secondary N) is 3. The zero-order valence-electron chi connectivity index (χ0n) is 18.2. The van der Waals surface area contributed by atoms with Crippen LogP contribution in [0.3, 0.4) is 0 Å². The molecule has 0 aliphatic carbocycles. The molecule has 2 aromatic carbocycles. The van der Waals surface area contributed by atoms with Crippen molar-refractivity contribution in [2.45, 2.75) is 13.5 Å². The van der Waals surface area contributed by atoms with E-state index in [2.05, 4.69) is 15.7 Å². The van der Waals surface area contributed by atoms with Crippen LogP contribution in [-0.2, 0) is 11.3 Å². The molecule has 8 heteroatoms. The number of aromatic nitrogens is 3. The summed E-state index contributed by atoms with van der Waals surface area (Å²) in [5, 5.41) is 17.4. The fourth-order valence-electron chi connectivity index (χ4n) is 3.58. The molecule has 0 bridgehead atoms. The lowest BCUT2D eigenvalue weighted by atomic mass is 10.1. The van der Waals surface area contributed by atoms with Gasteiger partial charge in [0.2, 0.25) is 11.9 Å². The van der Waals surface area contributed by atoms with Gasteiger partial charge >= 0.3 is 0 Å². The van der Waals surface area contributed by atoms with E-state index in [9.17, 15) is 9.59 Å². The zero-order chi connectivity index (χ0) is 23.2. The highest BCUT2D eigenvalue weighted by Gasteiger charge is 2.16. The number of nitrogens with zero attached hydrogens (tertiary/aromatic N) is 3. The Morgan fingerprint density at radius 3 is 2.18 bits per heavy atom. The fourth-order valence-corrected chi connectivity index (χ4v) is 3.58. The van der Waals surface area contributed by atoms with Crippen molar-refractivity contribution in [3.8, 4) is 22.5 Å². The molecule has 0 fully saturated rings. The Morgan fingerprint density at radius 2 is 1.58 bits per heavy atom. The van der Waals surface area contributed by atoms with Crippen molar-refractivity contribution in [3.63, 3.8) is 0 Å². The van der Waals surface area contributed by atoms with E-state index in [1.54, 1.807) is 30.6 Å². The number of amides is 2. The summed E-state index contributed by atoms with van der Waals surface area (Å²) in [6.07, 6.45) is 3.14. The summed E-state index contributed by atoms with van der Waals surface area (Å²) in [4.78, 5) is 24.9. The first-order valence-electron chi connectivity index (χ1n) is 10.6. The molecular formula is C25H24N6O2. The SMILES string of the molecule is CCNC(=O)c1ccc(-c2ccc(-c3ccccc3)n2CC(=O)NC(=N)n2cccn2)cc1. The topological polar surface area (TPSA) is 105 Å². The quantitative estimate of drug-likeness (QED) is 0.316. The van der Waals surface area contributed by atoms with E-state index in [4.69, 9.17) is 5.41 Å². The largest absolute Gasteiger partial charge is 0.352 e. The number of rotatable bonds is 6. The molecule has 0 aliphatic rings. The van der Waals surface area contributed by atoms with Gasteiger partial charge < -0.3 is 9.88 Å². The van der Waals surface area contributed by atoms with E-state index in [0.717, 1.165) is 22.5 Å². The third kappa shape index (κ3) is 4.90. The molecule has 0 saturated heterocycles. The van der Waals surface area contributed by atoms with Crippen LogP contribution >= 0.6 is 0 Å². The monoisotopic (exact) mass is 440 g/mol. The van der Waals surface area contributed by atoms with Gasteiger partial charge in [-0.2, -0.15) is 5.10 Å². The Morgan fingerprint density at radius 1 is 0.909 bits per heavy atom. The predicted octanol–water partition coefficient (Wildman–Crippen LogP) is 3.37. The van der Waals surface area contributed by atoms with Crippen molar-refractivity contribution in [2.24, 2.45) is 0 Å². The first kappa shape index (κ1) is 21.8. The number of hydrogen-bond donors (Lipinski definition) is 3. The Labute approximate surface area is 191 Å². The van der Waals surface area contributed by atoms with Crippen LogP contribution in [0, 0.1) is 5.41 Å². The molecule has 4 rings (SSSR count). The maximum atomic E-state index is 12.8. The highest BCUT2D eigenvalue weighted by atomic mass is 16.2. The molecule has 0 radical (unpaired) electrons. The van der Waals surface area contributed by atoms with Crippen molar-refractivity contribution >= 4 is 17.8 Å². The minimum Gasteiger partial charge on any atom is -0.352 e. The summed E-state index contributed by atoms with van der Waals surface area (Å²) in [5.41, 5.74) is 4.13. The molecule has 0 atom stereocenters. The molecule has 0 unspecified atom stereocenters. The van der Waals surface area contributed by atoms with E-state index < -0.39 is 0 Å². The highest BCUT2D eigenvalue weighted by molar-refractivity contribution is 5.96.